The minimum Gasteiger partial charge on any atom is -0.370 e. The van der Waals surface area contributed by atoms with E-state index in [1.165, 1.54) is 17.3 Å². The standard InChI is InChI=1S/C19H25N5O2S/c1-12-3-5-14(6-4-12)11-21-18(26)13(2)27-19-23-22-17(15-7-8-15)24(19)10-9-16(20)25/h3-6,13,15H,7-11H2,1-2H3,(H2,20,25)(H,21,26). The zero-order valence-electron chi connectivity index (χ0n) is 15.6. The van der Waals surface area contributed by atoms with Crippen LogP contribution in [0.25, 0.3) is 0 Å². The second kappa shape index (κ2) is 8.56. The number of nitrogens with one attached hydrogen (secondary N) is 1. The molecule has 0 saturated heterocycles. The van der Waals surface area contributed by atoms with Crippen LogP contribution in [-0.2, 0) is 22.7 Å². The lowest BCUT2D eigenvalue weighted by molar-refractivity contribution is -0.120. The van der Waals surface area contributed by atoms with E-state index >= 15 is 0 Å². The molecule has 1 atom stereocenters. The van der Waals surface area contributed by atoms with Crippen LogP contribution in [0.3, 0.4) is 0 Å². The van der Waals surface area contributed by atoms with Crippen LogP contribution in [0.15, 0.2) is 29.4 Å². The Hall–Kier alpha value is -2.35. The van der Waals surface area contributed by atoms with Gasteiger partial charge in [-0.05, 0) is 32.3 Å². The van der Waals surface area contributed by atoms with E-state index in [2.05, 4.69) is 15.5 Å². The van der Waals surface area contributed by atoms with Gasteiger partial charge in [-0.15, -0.1) is 10.2 Å². The van der Waals surface area contributed by atoms with Crippen LogP contribution in [0.1, 0.15) is 49.1 Å². The molecule has 1 aliphatic carbocycles. The summed E-state index contributed by atoms with van der Waals surface area (Å²) in [6.45, 7) is 4.82. The number of carbonyl (C=O) groups excluding carboxylic acids is 2. The summed E-state index contributed by atoms with van der Waals surface area (Å²) in [4.78, 5) is 23.6. The second-order valence-corrected chi connectivity index (χ2v) is 8.25. The van der Waals surface area contributed by atoms with Crippen molar-refractivity contribution in [1.29, 1.82) is 0 Å². The highest BCUT2D eigenvalue weighted by Gasteiger charge is 2.31. The topological polar surface area (TPSA) is 103 Å². The lowest BCUT2D eigenvalue weighted by Crippen LogP contribution is -2.30. The van der Waals surface area contributed by atoms with Crippen molar-refractivity contribution in [2.24, 2.45) is 5.73 Å². The second-order valence-electron chi connectivity index (χ2n) is 6.95. The number of amides is 2. The minimum atomic E-state index is -0.356. The zero-order chi connectivity index (χ0) is 19.4. The maximum Gasteiger partial charge on any atom is 0.233 e. The molecule has 144 valence electrons. The van der Waals surface area contributed by atoms with Crippen LogP contribution in [0.5, 0.6) is 0 Å². The van der Waals surface area contributed by atoms with Gasteiger partial charge < -0.3 is 15.6 Å². The van der Waals surface area contributed by atoms with E-state index in [9.17, 15) is 9.59 Å². The molecule has 0 aliphatic heterocycles. The van der Waals surface area contributed by atoms with E-state index in [1.54, 1.807) is 0 Å². The highest BCUT2D eigenvalue weighted by atomic mass is 32.2. The fourth-order valence-electron chi connectivity index (χ4n) is 2.71. The van der Waals surface area contributed by atoms with Crippen molar-refractivity contribution in [3.8, 4) is 0 Å². The van der Waals surface area contributed by atoms with Gasteiger partial charge in [0.1, 0.15) is 5.82 Å². The summed E-state index contributed by atoms with van der Waals surface area (Å²) in [6, 6.07) is 8.08. The van der Waals surface area contributed by atoms with Gasteiger partial charge in [0.05, 0.1) is 5.25 Å². The van der Waals surface area contributed by atoms with Gasteiger partial charge in [-0.25, -0.2) is 0 Å². The quantitative estimate of drug-likeness (QED) is 0.642. The van der Waals surface area contributed by atoms with Crippen LogP contribution in [-0.4, -0.2) is 31.8 Å². The molecule has 0 bridgehead atoms. The van der Waals surface area contributed by atoms with E-state index in [4.69, 9.17) is 5.73 Å². The smallest absolute Gasteiger partial charge is 0.233 e. The fraction of sp³-hybridized carbons (Fsp3) is 0.474. The average molecular weight is 388 g/mol. The number of primary amides is 1. The molecule has 1 heterocycles. The Bertz CT molecular complexity index is 814. The molecule has 1 fully saturated rings. The number of benzene rings is 1. The van der Waals surface area contributed by atoms with E-state index < -0.39 is 0 Å². The van der Waals surface area contributed by atoms with Crippen molar-refractivity contribution < 1.29 is 9.59 Å². The largest absolute Gasteiger partial charge is 0.370 e. The monoisotopic (exact) mass is 387 g/mol. The lowest BCUT2D eigenvalue weighted by atomic mass is 10.1. The molecule has 0 spiro atoms. The Morgan fingerprint density at radius 3 is 2.63 bits per heavy atom. The molecule has 27 heavy (non-hydrogen) atoms. The van der Waals surface area contributed by atoms with Crippen molar-refractivity contribution in [2.45, 2.75) is 62.5 Å². The summed E-state index contributed by atoms with van der Waals surface area (Å²) in [5, 5.41) is 11.8. The molecule has 1 aromatic carbocycles. The summed E-state index contributed by atoms with van der Waals surface area (Å²) < 4.78 is 1.94. The maximum atomic E-state index is 12.5. The van der Waals surface area contributed by atoms with Gasteiger partial charge in [-0.1, -0.05) is 41.6 Å². The number of hydrogen-bond donors (Lipinski definition) is 2. The number of aryl methyl sites for hydroxylation is 1. The lowest BCUT2D eigenvalue weighted by Gasteiger charge is -2.13. The summed E-state index contributed by atoms with van der Waals surface area (Å²) in [6.07, 6.45) is 2.41. The third-order valence-electron chi connectivity index (χ3n) is 4.51. The summed E-state index contributed by atoms with van der Waals surface area (Å²) in [5.41, 5.74) is 7.54. The van der Waals surface area contributed by atoms with Crippen molar-refractivity contribution in [3.05, 3.63) is 41.2 Å². The first-order valence-corrected chi connectivity index (χ1v) is 10.0. The van der Waals surface area contributed by atoms with Gasteiger partial charge in [0.2, 0.25) is 11.8 Å². The van der Waals surface area contributed by atoms with Crippen LogP contribution in [0, 0.1) is 6.92 Å². The zero-order valence-corrected chi connectivity index (χ0v) is 16.5. The average Bonchev–Trinajstić information content (AvgIpc) is 3.41. The highest BCUT2D eigenvalue weighted by molar-refractivity contribution is 8.00. The molecule has 1 aromatic heterocycles. The van der Waals surface area contributed by atoms with Crippen molar-refractivity contribution in [1.82, 2.24) is 20.1 Å². The Kier molecular flexibility index (Phi) is 6.15. The molecule has 1 unspecified atom stereocenters. The third-order valence-corrected chi connectivity index (χ3v) is 5.59. The number of rotatable bonds is 9. The van der Waals surface area contributed by atoms with E-state index in [0.717, 1.165) is 24.2 Å². The van der Waals surface area contributed by atoms with Gasteiger partial charge >= 0.3 is 0 Å². The normalized spacial score (nSPS) is 14.7. The molecule has 2 amide bonds. The number of carbonyl (C=O) groups is 2. The van der Waals surface area contributed by atoms with Crippen LogP contribution >= 0.6 is 11.8 Å². The highest BCUT2D eigenvalue weighted by Crippen LogP contribution is 2.40. The predicted molar refractivity (Wildman–Crippen MR) is 104 cm³/mol. The summed E-state index contributed by atoms with van der Waals surface area (Å²) in [5.74, 6) is 0.889. The van der Waals surface area contributed by atoms with Crippen LogP contribution in [0.4, 0.5) is 0 Å². The van der Waals surface area contributed by atoms with Crippen molar-refractivity contribution in [3.63, 3.8) is 0 Å². The molecule has 1 saturated carbocycles. The van der Waals surface area contributed by atoms with Crippen LogP contribution in [0.2, 0.25) is 0 Å². The maximum absolute atomic E-state index is 12.5. The Balaban J connectivity index is 1.60. The molecule has 0 radical (unpaired) electrons. The van der Waals surface area contributed by atoms with Crippen molar-refractivity contribution >= 4 is 23.6 Å². The Labute approximate surface area is 163 Å². The van der Waals surface area contributed by atoms with Crippen molar-refractivity contribution in [2.75, 3.05) is 0 Å². The molecule has 8 heteroatoms. The first-order chi connectivity index (χ1) is 12.9. The van der Waals surface area contributed by atoms with Gasteiger partial charge in [-0.3, -0.25) is 9.59 Å². The number of hydrogen-bond acceptors (Lipinski definition) is 5. The summed E-state index contributed by atoms with van der Waals surface area (Å²) in [7, 11) is 0. The fourth-order valence-corrected chi connectivity index (χ4v) is 3.62. The predicted octanol–water partition coefficient (Wildman–Crippen LogP) is 2.14. The third kappa shape index (κ3) is 5.32. The van der Waals surface area contributed by atoms with Crippen LogP contribution < -0.4 is 11.1 Å². The number of thioether (sulfide) groups is 1. The molecule has 3 N–H and O–H groups in total. The van der Waals surface area contributed by atoms with Gasteiger partial charge in [-0.2, -0.15) is 0 Å². The Morgan fingerprint density at radius 2 is 2.00 bits per heavy atom. The van der Waals surface area contributed by atoms with E-state index in [1.807, 2.05) is 42.7 Å². The van der Waals surface area contributed by atoms with Gasteiger partial charge in [0.25, 0.3) is 0 Å². The molecule has 2 aromatic rings. The molecular weight excluding hydrogens is 362 g/mol. The number of nitrogens with two attached hydrogens (primary N) is 1. The number of aromatic nitrogens is 3. The molecule has 1 aliphatic rings. The summed E-state index contributed by atoms with van der Waals surface area (Å²) >= 11 is 1.36. The minimum absolute atomic E-state index is 0.0574. The number of nitrogens with zero attached hydrogens (tertiary/aromatic N) is 3. The van der Waals surface area contributed by atoms with E-state index in [0.29, 0.717) is 24.2 Å². The molecule has 3 rings (SSSR count). The molecule has 7 nitrogen and oxygen atoms in total. The van der Waals surface area contributed by atoms with Gasteiger partial charge in [0, 0.05) is 25.4 Å². The first-order valence-electron chi connectivity index (χ1n) is 9.15. The van der Waals surface area contributed by atoms with E-state index in [-0.39, 0.29) is 23.5 Å². The molecular formula is C19H25N5O2S. The Morgan fingerprint density at radius 1 is 1.30 bits per heavy atom. The van der Waals surface area contributed by atoms with Gasteiger partial charge in [0.15, 0.2) is 5.16 Å². The first kappa shape index (κ1) is 19.4. The SMILES string of the molecule is Cc1ccc(CNC(=O)C(C)Sc2nnc(C3CC3)n2CCC(N)=O)cc1.